The zero-order chi connectivity index (χ0) is 20.7. The summed E-state index contributed by atoms with van der Waals surface area (Å²) < 4.78 is 28.1. The molecule has 0 aliphatic carbocycles. The van der Waals surface area contributed by atoms with Gasteiger partial charge in [-0.05, 0) is 76.0 Å². The van der Waals surface area contributed by atoms with Crippen LogP contribution in [0.3, 0.4) is 0 Å². The minimum absolute atomic E-state index is 0.0662. The third-order valence-electron chi connectivity index (χ3n) is 5.17. The molecule has 1 aromatic rings. The fraction of sp³-hybridized carbons (Fsp3) is 0.667. The number of fused-ring (bicyclic) bond motifs is 1. The summed E-state index contributed by atoms with van der Waals surface area (Å²) in [6.07, 6.45) is 4.14. The minimum Gasteiger partial charge on any atom is -0.309 e. The molecule has 0 saturated carbocycles. The Labute approximate surface area is 170 Å². The van der Waals surface area contributed by atoms with Gasteiger partial charge in [0.25, 0.3) is 0 Å². The van der Waals surface area contributed by atoms with Crippen molar-refractivity contribution in [1.82, 2.24) is 9.62 Å². The van der Waals surface area contributed by atoms with Crippen LogP contribution >= 0.6 is 0 Å². The van der Waals surface area contributed by atoms with Crippen LogP contribution in [0, 0.1) is 0 Å². The van der Waals surface area contributed by atoms with Crippen LogP contribution in [-0.4, -0.2) is 51.4 Å². The van der Waals surface area contributed by atoms with E-state index in [0.29, 0.717) is 19.4 Å². The highest BCUT2D eigenvalue weighted by atomic mass is 32.2. The first-order valence-electron chi connectivity index (χ1n) is 10.5. The van der Waals surface area contributed by atoms with Gasteiger partial charge in [-0.1, -0.05) is 20.8 Å². The molecule has 28 heavy (non-hydrogen) atoms. The smallest absolute Gasteiger partial charge is 0.240 e. The highest BCUT2D eigenvalue weighted by molar-refractivity contribution is 7.89. The van der Waals surface area contributed by atoms with E-state index in [1.165, 1.54) is 0 Å². The number of anilines is 1. The van der Waals surface area contributed by atoms with Crippen LogP contribution in [0.25, 0.3) is 0 Å². The molecule has 0 radical (unpaired) electrons. The summed E-state index contributed by atoms with van der Waals surface area (Å²) in [6.45, 7) is 11.6. The third kappa shape index (κ3) is 5.55. The number of carbonyl (C=O) groups is 1. The van der Waals surface area contributed by atoms with Crippen LogP contribution in [0.15, 0.2) is 23.1 Å². The van der Waals surface area contributed by atoms with Crippen molar-refractivity contribution >= 4 is 21.6 Å². The van der Waals surface area contributed by atoms with E-state index in [0.717, 1.165) is 50.1 Å². The number of benzene rings is 1. The molecule has 158 valence electrons. The number of hydrogen-bond donors (Lipinski definition) is 1. The van der Waals surface area contributed by atoms with Gasteiger partial charge in [-0.15, -0.1) is 0 Å². The summed E-state index contributed by atoms with van der Waals surface area (Å²) in [4.78, 5) is 16.6. The topological polar surface area (TPSA) is 69.7 Å². The van der Waals surface area contributed by atoms with Crippen LogP contribution in [0.4, 0.5) is 5.69 Å². The molecule has 2 rings (SSSR count). The molecule has 0 aromatic heterocycles. The first-order valence-corrected chi connectivity index (χ1v) is 12.0. The standard InChI is InChI=1S/C21H35N3O3S/c1-5-12-23(13-6-2)14-8-11-22-28(26,27)19-9-10-20-18(16-19)15-17(4)24(20)21(25)7-3/h9-10,16-17,22H,5-8,11-15H2,1-4H3/t17-/m0/s1. The predicted molar refractivity (Wildman–Crippen MR) is 114 cm³/mol. The van der Waals surface area contributed by atoms with Crippen molar-refractivity contribution in [3.8, 4) is 0 Å². The summed E-state index contributed by atoms with van der Waals surface area (Å²) in [6, 6.07) is 5.16. The number of nitrogens with one attached hydrogen (secondary N) is 1. The second kappa shape index (κ2) is 10.4. The van der Waals surface area contributed by atoms with Gasteiger partial charge < -0.3 is 9.80 Å². The van der Waals surface area contributed by atoms with Crippen molar-refractivity contribution in [2.75, 3.05) is 31.1 Å². The van der Waals surface area contributed by atoms with Gasteiger partial charge in [-0.2, -0.15) is 0 Å². The average molecular weight is 410 g/mol. The molecular weight excluding hydrogens is 374 g/mol. The normalized spacial score (nSPS) is 16.6. The lowest BCUT2D eigenvalue weighted by atomic mass is 10.1. The summed E-state index contributed by atoms with van der Waals surface area (Å²) in [5, 5.41) is 0. The second-order valence-electron chi connectivity index (χ2n) is 7.55. The molecule has 6 nitrogen and oxygen atoms in total. The maximum atomic E-state index is 12.7. The molecule has 1 amide bonds. The van der Waals surface area contributed by atoms with Crippen LogP contribution in [0.5, 0.6) is 0 Å². The highest BCUT2D eigenvalue weighted by Crippen LogP contribution is 2.34. The van der Waals surface area contributed by atoms with E-state index in [-0.39, 0.29) is 16.8 Å². The van der Waals surface area contributed by atoms with Gasteiger partial charge in [0.1, 0.15) is 0 Å². The number of rotatable bonds is 11. The van der Waals surface area contributed by atoms with E-state index in [9.17, 15) is 13.2 Å². The van der Waals surface area contributed by atoms with Gasteiger partial charge in [0.15, 0.2) is 0 Å². The monoisotopic (exact) mass is 409 g/mol. The number of nitrogens with zero attached hydrogens (tertiary/aromatic N) is 2. The van der Waals surface area contributed by atoms with Gasteiger partial charge in [-0.3, -0.25) is 4.79 Å². The van der Waals surface area contributed by atoms with Crippen LogP contribution in [0.1, 0.15) is 58.9 Å². The van der Waals surface area contributed by atoms with Gasteiger partial charge in [0.2, 0.25) is 15.9 Å². The Morgan fingerprint density at radius 1 is 1.18 bits per heavy atom. The lowest BCUT2D eigenvalue weighted by molar-refractivity contribution is -0.118. The Bertz CT molecular complexity index is 758. The number of amides is 1. The Balaban J connectivity index is 1.99. The maximum absolute atomic E-state index is 12.7. The fourth-order valence-corrected chi connectivity index (χ4v) is 5.01. The molecular formula is C21H35N3O3S. The molecule has 1 aliphatic rings. The molecule has 0 spiro atoms. The van der Waals surface area contributed by atoms with Crippen LogP contribution in [0.2, 0.25) is 0 Å². The van der Waals surface area contributed by atoms with Crippen molar-refractivity contribution in [3.63, 3.8) is 0 Å². The zero-order valence-corrected chi connectivity index (χ0v) is 18.5. The zero-order valence-electron chi connectivity index (χ0n) is 17.7. The third-order valence-corrected chi connectivity index (χ3v) is 6.63. The number of sulfonamides is 1. The highest BCUT2D eigenvalue weighted by Gasteiger charge is 2.31. The van der Waals surface area contributed by atoms with Crippen molar-refractivity contribution in [2.24, 2.45) is 0 Å². The summed E-state index contributed by atoms with van der Waals surface area (Å²) in [5.41, 5.74) is 1.77. The molecule has 7 heteroatoms. The summed E-state index contributed by atoms with van der Waals surface area (Å²) in [7, 11) is -3.54. The molecule has 0 unspecified atom stereocenters. The van der Waals surface area contributed by atoms with Gasteiger partial charge in [0.05, 0.1) is 4.90 Å². The Morgan fingerprint density at radius 3 is 2.46 bits per heavy atom. The van der Waals surface area contributed by atoms with E-state index in [2.05, 4.69) is 23.5 Å². The minimum atomic E-state index is -3.54. The Hall–Kier alpha value is -1.44. The van der Waals surface area contributed by atoms with Crippen molar-refractivity contribution < 1.29 is 13.2 Å². The summed E-state index contributed by atoms with van der Waals surface area (Å²) in [5.74, 6) is 0.0729. The lowest BCUT2D eigenvalue weighted by Crippen LogP contribution is -2.35. The summed E-state index contributed by atoms with van der Waals surface area (Å²) >= 11 is 0. The molecule has 1 aliphatic heterocycles. The molecule has 0 saturated heterocycles. The maximum Gasteiger partial charge on any atom is 0.240 e. The Kier molecular flexibility index (Phi) is 8.46. The molecule has 1 heterocycles. The molecule has 0 fully saturated rings. The largest absolute Gasteiger partial charge is 0.309 e. The van der Waals surface area contributed by atoms with E-state index in [4.69, 9.17) is 0 Å². The van der Waals surface area contributed by atoms with Crippen molar-refractivity contribution in [2.45, 2.75) is 70.7 Å². The quantitative estimate of drug-likeness (QED) is 0.570. The number of hydrogen-bond acceptors (Lipinski definition) is 4. The second-order valence-corrected chi connectivity index (χ2v) is 9.32. The van der Waals surface area contributed by atoms with Crippen molar-refractivity contribution in [3.05, 3.63) is 23.8 Å². The molecule has 1 atom stereocenters. The SMILES string of the molecule is CCCN(CCC)CCCNS(=O)(=O)c1ccc2c(c1)C[C@H](C)N2C(=O)CC. The van der Waals surface area contributed by atoms with E-state index >= 15 is 0 Å². The molecule has 0 bridgehead atoms. The number of carbonyl (C=O) groups excluding carboxylic acids is 1. The molecule has 1 aromatic carbocycles. The van der Waals surface area contributed by atoms with Crippen LogP contribution < -0.4 is 9.62 Å². The van der Waals surface area contributed by atoms with Gasteiger partial charge in [-0.25, -0.2) is 13.1 Å². The average Bonchev–Trinajstić information content (AvgIpc) is 2.99. The van der Waals surface area contributed by atoms with E-state index < -0.39 is 10.0 Å². The van der Waals surface area contributed by atoms with Crippen molar-refractivity contribution in [1.29, 1.82) is 0 Å². The fourth-order valence-electron chi connectivity index (χ4n) is 3.89. The predicted octanol–water partition coefficient (Wildman–Crippen LogP) is 3.16. The van der Waals surface area contributed by atoms with Gasteiger partial charge >= 0.3 is 0 Å². The van der Waals surface area contributed by atoms with E-state index in [1.807, 2.05) is 13.8 Å². The van der Waals surface area contributed by atoms with Crippen LogP contribution in [-0.2, 0) is 21.2 Å². The van der Waals surface area contributed by atoms with E-state index in [1.54, 1.807) is 23.1 Å². The Morgan fingerprint density at radius 2 is 1.86 bits per heavy atom. The molecule has 1 N–H and O–H groups in total. The lowest BCUT2D eigenvalue weighted by Gasteiger charge is -2.22. The van der Waals surface area contributed by atoms with Gasteiger partial charge in [0, 0.05) is 24.7 Å². The first kappa shape index (κ1) is 22.8. The first-order chi connectivity index (χ1) is 13.3.